The lowest BCUT2D eigenvalue weighted by atomic mass is 10.1. The predicted molar refractivity (Wildman–Crippen MR) is 116 cm³/mol. The fourth-order valence-electron chi connectivity index (χ4n) is 3.53. The number of ether oxygens (including phenoxy) is 2. The molecule has 1 aliphatic rings. The number of rotatable bonds is 8. The monoisotopic (exact) mass is 411 g/mol. The number of carbonyl (C=O) groups is 2. The smallest absolute Gasteiger partial charge is 0.227 e. The largest absolute Gasteiger partial charge is 0.497 e. The van der Waals surface area contributed by atoms with E-state index in [0.29, 0.717) is 25.4 Å². The molecule has 0 aliphatic carbocycles. The number of nitrogens with zero attached hydrogens (tertiary/aromatic N) is 2. The Labute approximate surface area is 177 Å². The fourth-order valence-corrected chi connectivity index (χ4v) is 3.53. The molecule has 7 nitrogen and oxygen atoms in total. The van der Waals surface area contributed by atoms with Crippen LogP contribution >= 0.6 is 0 Å². The number of likely N-dealkylation sites (N-methyl/N-ethyl adjacent to an activating group) is 1. The zero-order valence-electron chi connectivity index (χ0n) is 17.8. The summed E-state index contributed by atoms with van der Waals surface area (Å²) in [6, 6.07) is 15.3. The zero-order chi connectivity index (χ0) is 21.5. The van der Waals surface area contributed by atoms with Crippen molar-refractivity contribution in [3.8, 4) is 11.5 Å². The van der Waals surface area contributed by atoms with Crippen molar-refractivity contribution in [3.63, 3.8) is 0 Å². The Morgan fingerprint density at radius 1 is 1.17 bits per heavy atom. The molecule has 0 bridgehead atoms. The third-order valence-corrected chi connectivity index (χ3v) is 5.19. The lowest BCUT2D eigenvalue weighted by molar-refractivity contribution is -0.125. The molecular weight excluding hydrogens is 382 g/mol. The van der Waals surface area contributed by atoms with Gasteiger partial charge in [-0.05, 0) is 43.9 Å². The summed E-state index contributed by atoms with van der Waals surface area (Å²) in [6.07, 6.45) is 0.308. The van der Waals surface area contributed by atoms with E-state index < -0.39 is 0 Å². The van der Waals surface area contributed by atoms with E-state index in [0.717, 1.165) is 17.0 Å². The SMILES string of the molecule is COc1cccc(C(CNC(=O)CCC(=O)N2CCOc3ccccc32)N(C)C)c1. The van der Waals surface area contributed by atoms with Gasteiger partial charge in [0.25, 0.3) is 0 Å². The van der Waals surface area contributed by atoms with E-state index in [1.807, 2.05) is 67.5 Å². The Hall–Kier alpha value is -3.06. The van der Waals surface area contributed by atoms with Crippen LogP contribution in [0.3, 0.4) is 0 Å². The second kappa shape index (κ2) is 10.1. The van der Waals surface area contributed by atoms with Gasteiger partial charge in [0.05, 0.1) is 25.4 Å². The Morgan fingerprint density at radius 3 is 2.73 bits per heavy atom. The van der Waals surface area contributed by atoms with Crippen molar-refractivity contribution >= 4 is 17.5 Å². The first-order valence-electron chi connectivity index (χ1n) is 10.1. The van der Waals surface area contributed by atoms with Crippen LogP contribution in [0, 0.1) is 0 Å². The van der Waals surface area contributed by atoms with Crippen molar-refractivity contribution in [3.05, 3.63) is 54.1 Å². The van der Waals surface area contributed by atoms with Gasteiger partial charge >= 0.3 is 0 Å². The van der Waals surface area contributed by atoms with Gasteiger partial charge in [-0.25, -0.2) is 0 Å². The lowest BCUT2D eigenvalue weighted by Crippen LogP contribution is -2.39. The number of hydrogen-bond donors (Lipinski definition) is 1. The molecule has 1 N–H and O–H groups in total. The number of carbonyl (C=O) groups excluding carboxylic acids is 2. The molecule has 3 rings (SSSR count). The normalized spacial score (nSPS) is 13.9. The average molecular weight is 412 g/mol. The quantitative estimate of drug-likeness (QED) is 0.723. The molecule has 2 amide bonds. The summed E-state index contributed by atoms with van der Waals surface area (Å²) < 4.78 is 10.9. The Kier molecular flexibility index (Phi) is 7.30. The molecule has 160 valence electrons. The molecule has 30 heavy (non-hydrogen) atoms. The van der Waals surface area contributed by atoms with Gasteiger partial charge < -0.3 is 24.6 Å². The molecule has 0 aromatic heterocycles. The molecule has 2 aromatic rings. The highest BCUT2D eigenvalue weighted by Gasteiger charge is 2.24. The highest BCUT2D eigenvalue weighted by Crippen LogP contribution is 2.31. The Morgan fingerprint density at radius 2 is 1.97 bits per heavy atom. The van der Waals surface area contributed by atoms with Crippen LogP contribution in [-0.4, -0.2) is 57.6 Å². The van der Waals surface area contributed by atoms with Crippen LogP contribution in [0.4, 0.5) is 5.69 Å². The molecule has 1 heterocycles. The molecule has 1 atom stereocenters. The maximum Gasteiger partial charge on any atom is 0.227 e. The summed E-state index contributed by atoms with van der Waals surface area (Å²) in [5, 5.41) is 2.96. The second-order valence-electron chi connectivity index (χ2n) is 7.42. The second-order valence-corrected chi connectivity index (χ2v) is 7.42. The summed E-state index contributed by atoms with van der Waals surface area (Å²) in [5.41, 5.74) is 1.82. The Bertz CT molecular complexity index is 884. The van der Waals surface area contributed by atoms with E-state index in [4.69, 9.17) is 9.47 Å². The number of amides is 2. The Balaban J connectivity index is 1.53. The van der Waals surface area contributed by atoms with Crippen molar-refractivity contribution in [2.75, 3.05) is 45.8 Å². The molecule has 2 aromatic carbocycles. The summed E-state index contributed by atoms with van der Waals surface area (Å²) in [7, 11) is 5.57. The van der Waals surface area contributed by atoms with Gasteiger partial charge in [0.2, 0.25) is 11.8 Å². The maximum atomic E-state index is 12.7. The van der Waals surface area contributed by atoms with Crippen LogP contribution in [0.1, 0.15) is 24.4 Å². The third-order valence-electron chi connectivity index (χ3n) is 5.19. The number of hydrogen-bond acceptors (Lipinski definition) is 5. The number of nitrogens with one attached hydrogen (secondary N) is 1. The molecule has 1 aliphatic heterocycles. The maximum absolute atomic E-state index is 12.7. The highest BCUT2D eigenvalue weighted by molar-refractivity contribution is 5.97. The molecule has 0 saturated carbocycles. The lowest BCUT2D eigenvalue weighted by Gasteiger charge is -2.29. The highest BCUT2D eigenvalue weighted by atomic mass is 16.5. The minimum absolute atomic E-state index is 0.00544. The summed E-state index contributed by atoms with van der Waals surface area (Å²) >= 11 is 0. The van der Waals surface area contributed by atoms with Crippen molar-refractivity contribution < 1.29 is 19.1 Å². The number of para-hydroxylation sites is 2. The van der Waals surface area contributed by atoms with Gasteiger partial charge in [0, 0.05) is 19.4 Å². The minimum Gasteiger partial charge on any atom is -0.497 e. The summed E-state index contributed by atoms with van der Waals surface area (Å²) in [5.74, 6) is 1.27. The first-order chi connectivity index (χ1) is 14.5. The van der Waals surface area contributed by atoms with Gasteiger partial charge in [-0.15, -0.1) is 0 Å². The van der Waals surface area contributed by atoms with Crippen LogP contribution < -0.4 is 19.7 Å². The van der Waals surface area contributed by atoms with Gasteiger partial charge in [0.1, 0.15) is 18.1 Å². The fraction of sp³-hybridized carbons (Fsp3) is 0.391. The number of methoxy groups -OCH3 is 1. The van der Waals surface area contributed by atoms with Crippen LogP contribution in [0.25, 0.3) is 0 Å². The number of benzene rings is 2. The van der Waals surface area contributed by atoms with Gasteiger partial charge in [0.15, 0.2) is 0 Å². The van der Waals surface area contributed by atoms with Crippen LogP contribution in [-0.2, 0) is 9.59 Å². The van der Waals surface area contributed by atoms with Crippen LogP contribution in [0.5, 0.6) is 11.5 Å². The number of anilines is 1. The molecule has 0 saturated heterocycles. The molecular formula is C23H29N3O4. The zero-order valence-corrected chi connectivity index (χ0v) is 17.8. The topological polar surface area (TPSA) is 71.1 Å². The van der Waals surface area contributed by atoms with Crippen molar-refractivity contribution in [1.29, 1.82) is 0 Å². The van der Waals surface area contributed by atoms with Crippen LogP contribution in [0.2, 0.25) is 0 Å². The van der Waals surface area contributed by atoms with Crippen molar-refractivity contribution in [1.82, 2.24) is 10.2 Å². The van der Waals surface area contributed by atoms with E-state index in [2.05, 4.69) is 5.32 Å². The first-order valence-corrected chi connectivity index (χ1v) is 10.1. The van der Waals surface area contributed by atoms with Gasteiger partial charge in [-0.3, -0.25) is 9.59 Å². The van der Waals surface area contributed by atoms with Gasteiger partial charge in [-0.1, -0.05) is 24.3 Å². The van der Waals surface area contributed by atoms with Crippen LogP contribution in [0.15, 0.2) is 48.5 Å². The summed E-state index contributed by atoms with van der Waals surface area (Å²) in [6.45, 7) is 1.41. The van der Waals surface area contributed by atoms with Crippen molar-refractivity contribution in [2.24, 2.45) is 0 Å². The predicted octanol–water partition coefficient (Wildman–Crippen LogP) is 2.62. The van der Waals surface area contributed by atoms with E-state index in [-0.39, 0.29) is 30.7 Å². The van der Waals surface area contributed by atoms with E-state index in [1.165, 1.54) is 0 Å². The third kappa shape index (κ3) is 5.30. The number of fused-ring (bicyclic) bond motifs is 1. The molecule has 0 spiro atoms. The average Bonchev–Trinajstić information content (AvgIpc) is 2.77. The molecule has 0 radical (unpaired) electrons. The van der Waals surface area contributed by atoms with Crippen molar-refractivity contribution in [2.45, 2.75) is 18.9 Å². The molecule has 7 heteroatoms. The molecule has 0 fully saturated rings. The van der Waals surface area contributed by atoms with E-state index in [9.17, 15) is 9.59 Å². The standard InChI is InChI=1S/C23H29N3O4/c1-25(2)20(17-7-6-8-18(15-17)29-3)16-24-22(27)11-12-23(28)26-13-14-30-21-10-5-4-9-19(21)26/h4-10,15,20H,11-14,16H2,1-3H3,(H,24,27). The first kappa shape index (κ1) is 21.6. The van der Waals surface area contributed by atoms with Gasteiger partial charge in [-0.2, -0.15) is 0 Å². The minimum atomic E-state index is -0.139. The molecule has 1 unspecified atom stereocenters. The summed E-state index contributed by atoms with van der Waals surface area (Å²) in [4.78, 5) is 28.8. The van der Waals surface area contributed by atoms with E-state index in [1.54, 1.807) is 12.0 Å². The van der Waals surface area contributed by atoms with E-state index >= 15 is 0 Å².